The molecule has 23 heavy (non-hydrogen) atoms. The zero-order chi connectivity index (χ0) is 16.4. The maximum atomic E-state index is 12.3. The molecule has 0 radical (unpaired) electrons. The van der Waals surface area contributed by atoms with E-state index in [2.05, 4.69) is 18.2 Å². The Morgan fingerprint density at radius 2 is 1.70 bits per heavy atom. The Bertz CT molecular complexity index is 669. The van der Waals surface area contributed by atoms with E-state index in [1.807, 2.05) is 24.3 Å². The van der Waals surface area contributed by atoms with Gasteiger partial charge in [0.05, 0.1) is 14.2 Å². The highest BCUT2D eigenvalue weighted by Crippen LogP contribution is 2.51. The number of fused-ring (bicyclic) bond motifs is 1. The Kier molecular flexibility index (Phi) is 4.07. The van der Waals surface area contributed by atoms with E-state index in [0.29, 0.717) is 12.8 Å². The summed E-state index contributed by atoms with van der Waals surface area (Å²) >= 11 is 0. The van der Waals surface area contributed by atoms with Gasteiger partial charge < -0.3 is 9.47 Å². The van der Waals surface area contributed by atoms with Crippen LogP contribution in [0.3, 0.4) is 0 Å². The molecule has 0 bridgehead atoms. The zero-order valence-electron chi connectivity index (χ0n) is 13.4. The highest BCUT2D eigenvalue weighted by atomic mass is 16.5. The van der Waals surface area contributed by atoms with Crippen LogP contribution in [-0.2, 0) is 19.1 Å². The molecule has 2 aliphatic rings. The Balaban J connectivity index is 1.87. The van der Waals surface area contributed by atoms with Crippen LogP contribution in [0.4, 0.5) is 0 Å². The molecule has 0 heterocycles. The number of benzene rings is 1. The molecule has 4 heteroatoms. The number of allylic oxidation sites excluding steroid dienone is 4. The lowest BCUT2D eigenvalue weighted by atomic mass is 9.83. The summed E-state index contributed by atoms with van der Waals surface area (Å²) in [5.74, 6) is -0.824. The SMILES string of the molecule is COC(=O)C1(C(=O)OC)CC2=CC=C(c3ccccc3)CC2C1. The molecule has 0 amide bonds. The third-order valence-corrected chi connectivity index (χ3v) is 4.89. The minimum absolute atomic E-state index is 0.174. The van der Waals surface area contributed by atoms with Crippen molar-refractivity contribution in [2.45, 2.75) is 19.3 Å². The summed E-state index contributed by atoms with van der Waals surface area (Å²) in [5, 5.41) is 0. The van der Waals surface area contributed by atoms with Crippen molar-refractivity contribution in [1.29, 1.82) is 0 Å². The van der Waals surface area contributed by atoms with E-state index >= 15 is 0 Å². The largest absolute Gasteiger partial charge is 0.468 e. The van der Waals surface area contributed by atoms with Gasteiger partial charge in [-0.1, -0.05) is 48.1 Å². The first-order valence-corrected chi connectivity index (χ1v) is 7.72. The molecule has 3 rings (SSSR count). The quantitative estimate of drug-likeness (QED) is 0.635. The number of hydrogen-bond donors (Lipinski definition) is 0. The topological polar surface area (TPSA) is 52.6 Å². The van der Waals surface area contributed by atoms with Crippen LogP contribution >= 0.6 is 0 Å². The van der Waals surface area contributed by atoms with Gasteiger partial charge in [0.1, 0.15) is 0 Å². The van der Waals surface area contributed by atoms with Gasteiger partial charge >= 0.3 is 11.9 Å². The van der Waals surface area contributed by atoms with Gasteiger partial charge in [-0.15, -0.1) is 0 Å². The van der Waals surface area contributed by atoms with Crippen molar-refractivity contribution in [3.8, 4) is 0 Å². The highest BCUT2D eigenvalue weighted by Gasteiger charge is 2.55. The van der Waals surface area contributed by atoms with E-state index in [4.69, 9.17) is 9.47 Å². The summed E-state index contributed by atoms with van der Waals surface area (Å²) in [6.07, 6.45) is 5.79. The predicted molar refractivity (Wildman–Crippen MR) is 86.3 cm³/mol. The van der Waals surface area contributed by atoms with Gasteiger partial charge in [-0.25, -0.2) is 0 Å². The highest BCUT2D eigenvalue weighted by molar-refractivity contribution is 6.01. The van der Waals surface area contributed by atoms with Crippen molar-refractivity contribution in [3.63, 3.8) is 0 Å². The predicted octanol–water partition coefficient (Wildman–Crippen LogP) is 3.14. The molecule has 1 aromatic carbocycles. The van der Waals surface area contributed by atoms with Crippen LogP contribution in [0.1, 0.15) is 24.8 Å². The van der Waals surface area contributed by atoms with Crippen LogP contribution in [0.5, 0.6) is 0 Å². The third-order valence-electron chi connectivity index (χ3n) is 4.89. The molecule has 0 N–H and O–H groups in total. The molecular formula is C19H20O4. The molecule has 0 spiro atoms. The van der Waals surface area contributed by atoms with Crippen molar-refractivity contribution >= 4 is 17.5 Å². The van der Waals surface area contributed by atoms with E-state index in [1.165, 1.54) is 25.4 Å². The second kappa shape index (κ2) is 6.03. The van der Waals surface area contributed by atoms with Crippen molar-refractivity contribution in [2.75, 3.05) is 14.2 Å². The number of ether oxygens (including phenoxy) is 2. The van der Waals surface area contributed by atoms with Crippen LogP contribution < -0.4 is 0 Å². The number of methoxy groups -OCH3 is 2. The van der Waals surface area contributed by atoms with E-state index in [-0.39, 0.29) is 5.92 Å². The fourth-order valence-corrected chi connectivity index (χ4v) is 3.71. The van der Waals surface area contributed by atoms with Gasteiger partial charge in [-0.2, -0.15) is 0 Å². The monoisotopic (exact) mass is 312 g/mol. The lowest BCUT2D eigenvalue weighted by Crippen LogP contribution is -2.39. The lowest BCUT2D eigenvalue weighted by molar-refractivity contribution is -0.168. The lowest BCUT2D eigenvalue weighted by Gasteiger charge is -2.23. The number of carbonyl (C=O) groups excluding carboxylic acids is 2. The van der Waals surface area contributed by atoms with E-state index in [1.54, 1.807) is 0 Å². The molecule has 0 aromatic heterocycles. The maximum absolute atomic E-state index is 12.3. The van der Waals surface area contributed by atoms with Crippen LogP contribution in [-0.4, -0.2) is 26.2 Å². The van der Waals surface area contributed by atoms with Crippen LogP contribution in [0.2, 0.25) is 0 Å². The summed E-state index contributed by atoms with van der Waals surface area (Å²) < 4.78 is 9.79. The summed E-state index contributed by atoms with van der Waals surface area (Å²) in [5.41, 5.74) is 2.33. The van der Waals surface area contributed by atoms with Crippen LogP contribution in [0.25, 0.3) is 5.57 Å². The fourth-order valence-electron chi connectivity index (χ4n) is 3.71. The molecule has 120 valence electrons. The molecule has 2 aliphatic carbocycles. The summed E-state index contributed by atoms with van der Waals surface area (Å²) in [6, 6.07) is 10.2. The van der Waals surface area contributed by atoms with Crippen LogP contribution in [0, 0.1) is 11.3 Å². The first-order chi connectivity index (χ1) is 11.1. The first kappa shape index (κ1) is 15.5. The third kappa shape index (κ3) is 2.58. The summed E-state index contributed by atoms with van der Waals surface area (Å²) in [6.45, 7) is 0. The molecule has 1 fully saturated rings. The van der Waals surface area contributed by atoms with Gasteiger partial charge in [0.25, 0.3) is 0 Å². The standard InChI is InChI=1S/C19H20O4/c1-22-17(20)19(18(21)23-2)11-15-9-8-14(10-16(15)12-19)13-6-4-3-5-7-13/h3-9,16H,10-12H2,1-2H3. The minimum Gasteiger partial charge on any atom is -0.468 e. The van der Waals surface area contributed by atoms with Crippen molar-refractivity contribution in [3.05, 3.63) is 53.6 Å². The molecule has 1 atom stereocenters. The smallest absolute Gasteiger partial charge is 0.323 e. The Labute approximate surface area is 135 Å². The average molecular weight is 312 g/mol. The van der Waals surface area contributed by atoms with Crippen molar-refractivity contribution in [1.82, 2.24) is 0 Å². The van der Waals surface area contributed by atoms with Gasteiger partial charge in [-0.05, 0) is 36.3 Å². The molecule has 4 nitrogen and oxygen atoms in total. The second-order valence-corrected chi connectivity index (χ2v) is 6.15. The van der Waals surface area contributed by atoms with Crippen LogP contribution in [0.15, 0.2) is 48.1 Å². The van der Waals surface area contributed by atoms with Crippen molar-refractivity contribution in [2.24, 2.45) is 11.3 Å². The molecule has 1 saturated carbocycles. The Morgan fingerprint density at radius 1 is 1.04 bits per heavy atom. The Morgan fingerprint density at radius 3 is 2.30 bits per heavy atom. The molecular weight excluding hydrogens is 292 g/mol. The van der Waals surface area contributed by atoms with Gasteiger partial charge in [-0.3, -0.25) is 9.59 Å². The fraction of sp³-hybridized carbons (Fsp3) is 0.368. The number of carbonyl (C=O) groups is 2. The normalized spacial score (nSPS) is 21.7. The molecule has 0 saturated heterocycles. The average Bonchev–Trinajstić information content (AvgIpc) is 3.00. The minimum atomic E-state index is -1.19. The van der Waals surface area contributed by atoms with Gasteiger partial charge in [0.15, 0.2) is 5.41 Å². The van der Waals surface area contributed by atoms with Gasteiger partial charge in [0, 0.05) is 0 Å². The first-order valence-electron chi connectivity index (χ1n) is 7.72. The Hall–Kier alpha value is -2.36. The second-order valence-electron chi connectivity index (χ2n) is 6.15. The molecule has 1 aromatic rings. The van der Waals surface area contributed by atoms with Crippen molar-refractivity contribution < 1.29 is 19.1 Å². The van der Waals surface area contributed by atoms with E-state index in [0.717, 1.165) is 12.0 Å². The number of hydrogen-bond acceptors (Lipinski definition) is 4. The van der Waals surface area contributed by atoms with Gasteiger partial charge in [0.2, 0.25) is 0 Å². The number of esters is 2. The summed E-state index contributed by atoms with van der Waals surface area (Å²) in [4.78, 5) is 24.5. The van der Waals surface area contributed by atoms with E-state index < -0.39 is 17.4 Å². The molecule has 0 aliphatic heterocycles. The summed E-state index contributed by atoms with van der Waals surface area (Å²) in [7, 11) is 2.63. The zero-order valence-corrected chi connectivity index (χ0v) is 13.4. The number of rotatable bonds is 3. The molecule has 1 unspecified atom stereocenters. The maximum Gasteiger partial charge on any atom is 0.323 e. The van der Waals surface area contributed by atoms with E-state index in [9.17, 15) is 9.59 Å².